The molecule has 5 heteroatoms. The van der Waals surface area contributed by atoms with Crippen molar-refractivity contribution >= 4 is 17.5 Å². The molecule has 1 atom stereocenters. The summed E-state index contributed by atoms with van der Waals surface area (Å²) in [6, 6.07) is 15.5. The van der Waals surface area contributed by atoms with E-state index in [4.69, 9.17) is 0 Å². The molecule has 3 rings (SSSR count). The Balaban J connectivity index is 1.53. The number of nitrogens with zero attached hydrogens (tertiary/aromatic N) is 1. The quantitative estimate of drug-likeness (QED) is 0.918. The Labute approximate surface area is 140 Å². The van der Waals surface area contributed by atoms with Crippen LogP contribution in [0.25, 0.3) is 0 Å². The fourth-order valence-corrected chi connectivity index (χ4v) is 2.90. The van der Waals surface area contributed by atoms with Crippen LogP contribution in [0.3, 0.4) is 0 Å². The molecule has 0 bridgehead atoms. The summed E-state index contributed by atoms with van der Waals surface area (Å²) < 4.78 is 13.3. The highest BCUT2D eigenvalue weighted by atomic mass is 19.1. The van der Waals surface area contributed by atoms with Crippen molar-refractivity contribution in [1.82, 2.24) is 5.32 Å². The maximum atomic E-state index is 13.3. The second kappa shape index (κ2) is 7.25. The van der Waals surface area contributed by atoms with Crippen molar-refractivity contribution in [2.24, 2.45) is 0 Å². The standard InChI is InChI=1S/C19H19FN2O2/c20-15-7-4-8-17(11-15)22-13-16(12-19(22)24)21-18(23)10-9-14-5-2-1-3-6-14/h1-8,11,16H,9-10,12-13H2,(H,21,23)/t16-/m1/s1. The van der Waals surface area contributed by atoms with Gasteiger partial charge in [0.05, 0.1) is 6.04 Å². The summed E-state index contributed by atoms with van der Waals surface area (Å²) in [4.78, 5) is 25.7. The molecule has 0 spiro atoms. The molecule has 0 saturated carbocycles. The number of aryl methyl sites for hydroxylation is 1. The predicted octanol–water partition coefficient (Wildman–Crippen LogP) is 2.68. The van der Waals surface area contributed by atoms with Crippen LogP contribution >= 0.6 is 0 Å². The van der Waals surface area contributed by atoms with Crippen molar-refractivity contribution in [3.8, 4) is 0 Å². The number of carbonyl (C=O) groups is 2. The number of benzene rings is 2. The SMILES string of the molecule is O=C(CCc1ccccc1)N[C@@H]1CC(=O)N(c2cccc(F)c2)C1. The van der Waals surface area contributed by atoms with Crippen molar-refractivity contribution < 1.29 is 14.0 Å². The summed E-state index contributed by atoms with van der Waals surface area (Å²) in [5.41, 5.74) is 1.64. The Morgan fingerprint density at radius 1 is 1.17 bits per heavy atom. The van der Waals surface area contributed by atoms with Crippen LogP contribution in [-0.2, 0) is 16.0 Å². The highest BCUT2D eigenvalue weighted by Gasteiger charge is 2.31. The molecule has 1 saturated heterocycles. The molecule has 1 aliphatic rings. The Kier molecular flexibility index (Phi) is 4.89. The minimum Gasteiger partial charge on any atom is -0.351 e. The van der Waals surface area contributed by atoms with Crippen molar-refractivity contribution in [1.29, 1.82) is 0 Å². The Morgan fingerprint density at radius 2 is 1.96 bits per heavy atom. The molecule has 2 aromatic rings. The summed E-state index contributed by atoms with van der Waals surface area (Å²) >= 11 is 0. The van der Waals surface area contributed by atoms with Crippen molar-refractivity contribution in [2.75, 3.05) is 11.4 Å². The molecule has 24 heavy (non-hydrogen) atoms. The number of rotatable bonds is 5. The zero-order valence-electron chi connectivity index (χ0n) is 13.2. The van der Waals surface area contributed by atoms with Gasteiger partial charge in [-0.05, 0) is 30.2 Å². The van der Waals surface area contributed by atoms with Crippen LogP contribution in [-0.4, -0.2) is 24.4 Å². The summed E-state index contributed by atoms with van der Waals surface area (Å²) in [5.74, 6) is -0.553. The molecular weight excluding hydrogens is 307 g/mol. The zero-order chi connectivity index (χ0) is 16.9. The van der Waals surface area contributed by atoms with Crippen LogP contribution in [0.15, 0.2) is 54.6 Å². The van der Waals surface area contributed by atoms with E-state index in [0.29, 0.717) is 25.1 Å². The third kappa shape index (κ3) is 3.98. The third-order valence-electron chi connectivity index (χ3n) is 4.09. The Bertz CT molecular complexity index is 733. The zero-order valence-corrected chi connectivity index (χ0v) is 13.2. The number of amides is 2. The van der Waals surface area contributed by atoms with Gasteiger partial charge in [0.2, 0.25) is 11.8 Å². The molecule has 4 nitrogen and oxygen atoms in total. The fourth-order valence-electron chi connectivity index (χ4n) is 2.90. The van der Waals surface area contributed by atoms with E-state index in [1.165, 1.54) is 17.0 Å². The molecule has 124 valence electrons. The van der Waals surface area contributed by atoms with E-state index in [0.717, 1.165) is 5.56 Å². The highest BCUT2D eigenvalue weighted by molar-refractivity contribution is 5.96. The van der Waals surface area contributed by atoms with Crippen LogP contribution in [0.4, 0.5) is 10.1 Å². The minimum atomic E-state index is -0.379. The first-order chi connectivity index (χ1) is 11.6. The van der Waals surface area contributed by atoms with Gasteiger partial charge in [-0.3, -0.25) is 9.59 Å². The first-order valence-corrected chi connectivity index (χ1v) is 8.01. The van der Waals surface area contributed by atoms with Gasteiger partial charge in [-0.25, -0.2) is 4.39 Å². The average Bonchev–Trinajstić information content (AvgIpc) is 2.94. The van der Waals surface area contributed by atoms with Crippen LogP contribution in [0.2, 0.25) is 0 Å². The lowest BCUT2D eigenvalue weighted by Crippen LogP contribution is -2.37. The minimum absolute atomic E-state index is 0.0715. The molecule has 2 amide bonds. The van der Waals surface area contributed by atoms with Gasteiger partial charge in [0.25, 0.3) is 0 Å². The van der Waals surface area contributed by atoms with Gasteiger partial charge in [-0.1, -0.05) is 36.4 Å². The lowest BCUT2D eigenvalue weighted by Gasteiger charge is -2.17. The maximum absolute atomic E-state index is 13.3. The summed E-state index contributed by atoms with van der Waals surface area (Å²) in [5, 5.41) is 2.90. The van der Waals surface area contributed by atoms with Gasteiger partial charge in [0.15, 0.2) is 0 Å². The fraction of sp³-hybridized carbons (Fsp3) is 0.263. The van der Waals surface area contributed by atoms with E-state index >= 15 is 0 Å². The molecule has 1 fully saturated rings. The number of hydrogen-bond acceptors (Lipinski definition) is 2. The van der Waals surface area contributed by atoms with Crippen LogP contribution in [0, 0.1) is 5.82 Å². The predicted molar refractivity (Wildman–Crippen MR) is 90.1 cm³/mol. The molecule has 1 heterocycles. The van der Waals surface area contributed by atoms with Gasteiger partial charge < -0.3 is 10.2 Å². The lowest BCUT2D eigenvalue weighted by atomic mass is 10.1. The normalized spacial score (nSPS) is 17.1. The van der Waals surface area contributed by atoms with E-state index in [-0.39, 0.29) is 30.1 Å². The molecule has 1 N–H and O–H groups in total. The molecule has 2 aromatic carbocycles. The molecular formula is C19H19FN2O2. The largest absolute Gasteiger partial charge is 0.351 e. The molecule has 0 aromatic heterocycles. The van der Waals surface area contributed by atoms with Crippen molar-refractivity contribution in [3.63, 3.8) is 0 Å². The van der Waals surface area contributed by atoms with Crippen LogP contribution in [0.5, 0.6) is 0 Å². The Morgan fingerprint density at radius 3 is 2.71 bits per heavy atom. The van der Waals surface area contributed by atoms with Gasteiger partial charge in [-0.15, -0.1) is 0 Å². The number of nitrogens with one attached hydrogen (secondary N) is 1. The first-order valence-electron chi connectivity index (χ1n) is 8.01. The molecule has 0 aliphatic carbocycles. The van der Waals surface area contributed by atoms with Gasteiger partial charge in [0, 0.05) is 25.1 Å². The second-order valence-electron chi connectivity index (χ2n) is 5.94. The lowest BCUT2D eigenvalue weighted by molar-refractivity contribution is -0.121. The van der Waals surface area contributed by atoms with Gasteiger partial charge in [-0.2, -0.15) is 0 Å². The number of anilines is 1. The van der Waals surface area contributed by atoms with E-state index in [2.05, 4.69) is 5.32 Å². The number of halogens is 1. The van der Waals surface area contributed by atoms with E-state index in [1.54, 1.807) is 12.1 Å². The topological polar surface area (TPSA) is 49.4 Å². The summed E-state index contributed by atoms with van der Waals surface area (Å²) in [6.07, 6.45) is 1.29. The highest BCUT2D eigenvalue weighted by Crippen LogP contribution is 2.22. The van der Waals surface area contributed by atoms with E-state index in [1.807, 2.05) is 30.3 Å². The Hall–Kier alpha value is -2.69. The first kappa shape index (κ1) is 16.2. The molecule has 0 unspecified atom stereocenters. The number of carbonyl (C=O) groups excluding carboxylic acids is 2. The van der Waals surface area contributed by atoms with Crippen molar-refractivity contribution in [2.45, 2.75) is 25.3 Å². The smallest absolute Gasteiger partial charge is 0.229 e. The molecule has 1 aliphatic heterocycles. The second-order valence-corrected chi connectivity index (χ2v) is 5.94. The maximum Gasteiger partial charge on any atom is 0.229 e. The average molecular weight is 326 g/mol. The molecule has 0 radical (unpaired) electrons. The summed E-state index contributed by atoms with van der Waals surface area (Å²) in [7, 11) is 0. The van der Waals surface area contributed by atoms with Crippen LogP contribution < -0.4 is 10.2 Å². The monoisotopic (exact) mass is 326 g/mol. The number of hydrogen-bond donors (Lipinski definition) is 1. The van der Waals surface area contributed by atoms with E-state index in [9.17, 15) is 14.0 Å². The van der Waals surface area contributed by atoms with Gasteiger partial charge >= 0.3 is 0 Å². The third-order valence-corrected chi connectivity index (χ3v) is 4.09. The van der Waals surface area contributed by atoms with Crippen molar-refractivity contribution in [3.05, 3.63) is 66.0 Å². The van der Waals surface area contributed by atoms with Gasteiger partial charge in [0.1, 0.15) is 5.82 Å². The summed E-state index contributed by atoms with van der Waals surface area (Å²) in [6.45, 7) is 0.374. The van der Waals surface area contributed by atoms with Crippen LogP contribution in [0.1, 0.15) is 18.4 Å². The van der Waals surface area contributed by atoms with E-state index < -0.39 is 0 Å².